The smallest absolute Gasteiger partial charge is 0.311 e. The number of oxime groups is 1. The summed E-state index contributed by atoms with van der Waals surface area (Å²) in [5, 5.41) is 42.4. The molecule has 0 aromatic carbocycles. The topological polar surface area (TPSA) is 167 Å². The average molecular weight is 885 g/mol. The summed E-state index contributed by atoms with van der Waals surface area (Å²) in [5.74, 6) is -4.53. The van der Waals surface area contributed by atoms with Crippen LogP contribution in [0.1, 0.15) is 155 Å². The van der Waals surface area contributed by atoms with Crippen molar-refractivity contribution in [2.24, 2.45) is 40.7 Å². The van der Waals surface area contributed by atoms with Crippen LogP contribution in [0.15, 0.2) is 5.16 Å². The van der Waals surface area contributed by atoms with Gasteiger partial charge in [-0.15, -0.1) is 0 Å². The molecule has 0 unspecified atom stereocenters. The third-order valence-electron chi connectivity index (χ3n) is 15.2. The molecule has 3 heterocycles. The molecule has 4 fully saturated rings. The molecular weight excluding hydrogens is 797 g/mol. The number of carbonyl (C=O) groups is 1. The van der Waals surface area contributed by atoms with E-state index in [0.717, 1.165) is 25.7 Å². The maximum absolute atomic E-state index is 14.6. The number of ether oxygens (including phenoxy) is 7. The lowest BCUT2D eigenvalue weighted by molar-refractivity contribution is -0.306. The van der Waals surface area contributed by atoms with Crippen LogP contribution in [0, 0.1) is 35.5 Å². The first kappa shape index (κ1) is 53.2. The molecule has 1 saturated carbocycles. The molecule has 0 aromatic rings. The Hall–Kier alpha value is -1.46. The highest BCUT2D eigenvalue weighted by molar-refractivity contribution is 5.88. The summed E-state index contributed by atoms with van der Waals surface area (Å²) in [5.41, 5.74) is -3.67. The summed E-state index contributed by atoms with van der Waals surface area (Å²) in [6.07, 6.45) is -0.658. The number of esters is 1. The van der Waals surface area contributed by atoms with E-state index in [1.54, 1.807) is 27.9 Å². The number of hydrogen-bond acceptors (Lipinski definition) is 14. The van der Waals surface area contributed by atoms with Crippen molar-refractivity contribution in [3.63, 3.8) is 0 Å². The highest BCUT2D eigenvalue weighted by atomic mass is 16.8. The van der Waals surface area contributed by atoms with Crippen LogP contribution in [0.3, 0.4) is 0 Å². The Labute approximate surface area is 374 Å². The van der Waals surface area contributed by atoms with Gasteiger partial charge in [0.05, 0.1) is 59.5 Å². The Bertz CT molecular complexity index is 1450. The number of hydrogen-bond donors (Lipinski definition) is 3. The summed E-state index contributed by atoms with van der Waals surface area (Å²) in [4.78, 5) is 23.2. The van der Waals surface area contributed by atoms with E-state index in [4.69, 9.17) is 43.2 Å². The van der Waals surface area contributed by atoms with Crippen molar-refractivity contribution in [2.45, 2.75) is 239 Å². The summed E-state index contributed by atoms with van der Waals surface area (Å²) in [6.45, 7) is 26.6. The van der Waals surface area contributed by atoms with Crippen molar-refractivity contribution in [1.29, 1.82) is 0 Å². The van der Waals surface area contributed by atoms with Crippen LogP contribution in [-0.2, 0) is 42.8 Å². The number of aliphatic hydroxyl groups is 3. The van der Waals surface area contributed by atoms with Crippen LogP contribution in [0.5, 0.6) is 0 Å². The van der Waals surface area contributed by atoms with Gasteiger partial charge in [0, 0.05) is 62.0 Å². The van der Waals surface area contributed by atoms with Gasteiger partial charge in [0.15, 0.2) is 12.6 Å². The minimum absolute atomic E-state index is 0.0529. The minimum atomic E-state index is -1.91. The fourth-order valence-electron chi connectivity index (χ4n) is 11.0. The summed E-state index contributed by atoms with van der Waals surface area (Å²) in [6, 6.07) is 0.144. The molecule has 3 aliphatic heterocycles. The molecule has 0 aromatic heterocycles. The maximum atomic E-state index is 14.6. The zero-order chi connectivity index (χ0) is 46.7. The number of nitrogens with zero attached hydrogens (tertiary/aromatic N) is 2. The monoisotopic (exact) mass is 885 g/mol. The van der Waals surface area contributed by atoms with E-state index >= 15 is 0 Å². The van der Waals surface area contributed by atoms with Crippen molar-refractivity contribution in [2.75, 3.05) is 21.2 Å². The van der Waals surface area contributed by atoms with Gasteiger partial charge in [-0.1, -0.05) is 53.1 Å². The lowest BCUT2D eigenvalue weighted by Crippen LogP contribution is -2.59. The first-order valence-electron chi connectivity index (χ1n) is 23.8. The Kier molecular flexibility index (Phi) is 18.4. The molecule has 62 heavy (non-hydrogen) atoms. The molecule has 3 saturated heterocycles. The van der Waals surface area contributed by atoms with Crippen LogP contribution in [-0.4, -0.2) is 137 Å². The van der Waals surface area contributed by atoms with Gasteiger partial charge < -0.3 is 58.2 Å². The van der Waals surface area contributed by atoms with Crippen molar-refractivity contribution < 1.29 is 58.1 Å². The lowest BCUT2D eigenvalue weighted by atomic mass is 9.73. The van der Waals surface area contributed by atoms with Gasteiger partial charge in [-0.3, -0.25) is 4.79 Å². The second-order valence-corrected chi connectivity index (χ2v) is 21.0. The summed E-state index contributed by atoms with van der Waals surface area (Å²) >= 11 is 0. The van der Waals surface area contributed by atoms with Gasteiger partial charge in [0.25, 0.3) is 0 Å². The number of cyclic esters (lactones) is 1. The van der Waals surface area contributed by atoms with E-state index in [1.807, 2.05) is 55.4 Å². The normalized spacial score (nSPS) is 46.1. The number of carbonyl (C=O) groups excluding carboxylic acids is 1. The number of rotatable bonds is 11. The fraction of sp³-hybridized carbons (Fsp3) is 0.958. The van der Waals surface area contributed by atoms with E-state index in [9.17, 15) is 20.1 Å². The average Bonchev–Trinajstić information content (AvgIpc) is 3.19. The Balaban J connectivity index is 1.90. The van der Waals surface area contributed by atoms with Gasteiger partial charge in [0.1, 0.15) is 11.7 Å². The Morgan fingerprint density at radius 3 is 2.08 bits per heavy atom. The first-order valence-corrected chi connectivity index (χ1v) is 23.8. The number of methoxy groups -OCH3 is 1. The second-order valence-electron chi connectivity index (χ2n) is 21.0. The van der Waals surface area contributed by atoms with E-state index in [2.05, 4.69) is 32.8 Å². The highest BCUT2D eigenvalue weighted by Gasteiger charge is 2.53. The Morgan fingerprint density at radius 2 is 1.52 bits per heavy atom. The summed E-state index contributed by atoms with van der Waals surface area (Å²) in [7, 11) is 5.79. The summed E-state index contributed by atoms with van der Waals surface area (Å²) < 4.78 is 45.9. The van der Waals surface area contributed by atoms with Crippen LogP contribution >= 0.6 is 0 Å². The van der Waals surface area contributed by atoms with Crippen molar-refractivity contribution >= 4 is 11.7 Å². The van der Waals surface area contributed by atoms with Crippen LogP contribution < -0.4 is 0 Å². The predicted molar refractivity (Wildman–Crippen MR) is 238 cm³/mol. The third kappa shape index (κ3) is 12.1. The van der Waals surface area contributed by atoms with Gasteiger partial charge in [-0.2, -0.15) is 0 Å². The molecule has 3 N–H and O–H groups in total. The molecule has 0 amide bonds. The third-order valence-corrected chi connectivity index (χ3v) is 15.2. The molecule has 0 spiro atoms. The molecule has 0 bridgehead atoms. The maximum Gasteiger partial charge on any atom is 0.311 e. The molecule has 14 nitrogen and oxygen atoms in total. The van der Waals surface area contributed by atoms with Gasteiger partial charge in [-0.25, -0.2) is 0 Å². The van der Waals surface area contributed by atoms with Gasteiger partial charge in [0.2, 0.25) is 5.79 Å². The second kappa shape index (κ2) is 21.4. The van der Waals surface area contributed by atoms with Gasteiger partial charge >= 0.3 is 5.97 Å². The van der Waals surface area contributed by atoms with Crippen LogP contribution in [0.4, 0.5) is 0 Å². The molecule has 18 atom stereocenters. The molecular formula is C48H88N2O12. The van der Waals surface area contributed by atoms with Crippen LogP contribution in [0.2, 0.25) is 0 Å². The number of aliphatic hydroxyl groups excluding tert-OH is 1. The molecule has 4 rings (SSSR count). The largest absolute Gasteiger partial charge is 0.459 e. The molecule has 14 heteroatoms. The molecule has 4 aliphatic rings. The van der Waals surface area contributed by atoms with E-state index in [-0.39, 0.29) is 49.0 Å². The van der Waals surface area contributed by atoms with E-state index in [0.29, 0.717) is 25.0 Å². The molecule has 362 valence electrons. The zero-order valence-electron chi connectivity index (χ0n) is 41.5. The predicted octanol–water partition coefficient (Wildman–Crippen LogP) is 7.22. The van der Waals surface area contributed by atoms with Crippen molar-refractivity contribution in [1.82, 2.24) is 4.90 Å². The Morgan fingerprint density at radius 1 is 0.887 bits per heavy atom. The lowest BCUT2D eigenvalue weighted by Gasteiger charge is -2.50. The van der Waals surface area contributed by atoms with Crippen LogP contribution in [0.25, 0.3) is 0 Å². The fourth-order valence-corrected chi connectivity index (χ4v) is 11.0. The van der Waals surface area contributed by atoms with Gasteiger partial charge in [-0.05, 0) is 102 Å². The quantitative estimate of drug-likeness (QED) is 0.108. The minimum Gasteiger partial charge on any atom is -0.459 e. The highest BCUT2D eigenvalue weighted by Crippen LogP contribution is 2.43. The molecule has 0 radical (unpaired) electrons. The van der Waals surface area contributed by atoms with Crippen molar-refractivity contribution in [3.05, 3.63) is 0 Å². The SMILES string of the molecule is CC[C@H]1OC(=O)[C@H](C)[C@@H](O[C@H]2C[C@@](C)(OC)[C@@H](C)[C@H](C)O2)[C@H](C)[C@@H](O[C@@H]2O[C@H](C)C[C@H](N(C)C)[C@H]2C)[C@@](C)(O)C[C@@H](C)/C(=N/OC2(OC(C)C)CCCCC2)[C@H](C)[C@@H](O)[C@]1(C)O. The van der Waals surface area contributed by atoms with Crippen molar-refractivity contribution in [3.8, 4) is 0 Å². The zero-order valence-corrected chi connectivity index (χ0v) is 41.5. The van der Waals surface area contributed by atoms with E-state index < -0.39 is 89.2 Å². The van der Waals surface area contributed by atoms with E-state index in [1.165, 1.54) is 6.92 Å². The first-order chi connectivity index (χ1) is 28.7. The standard InChI is InChI=1S/C48H88N2O12/c1-18-37-47(14,54)41(51)31(7)39(49-62-48(61-27(2)3)22-20-19-21-23-48)28(4)25-45(12,53)42(60-44-30(6)36(50(15)16)24-29(5)56-44)32(8)40(33(9)43(52)58-37)59-38-26-46(13,55-17)34(10)35(11)57-38/h27-38,40-42,44,51,53-54H,18-26H2,1-17H3/b49-39-/t28-,29-,30-,31+,32+,33-,34+,35+,36+,37-,38+,40+,41-,42-,44+,45+,46-,47-/m1/s1. The molecule has 1 aliphatic carbocycles.